The maximum absolute atomic E-state index is 7.04. The monoisotopic (exact) mass is 847 g/mol. The molecule has 2 nitrogen and oxygen atoms in total. The molecule has 0 atom stereocenters. The normalized spacial score (nSPS) is 12.4. The third-order valence-corrected chi connectivity index (χ3v) is 14.4. The van der Waals surface area contributed by atoms with Gasteiger partial charge in [0.2, 0.25) is 0 Å². The Morgan fingerprint density at radius 2 is 1.02 bits per heavy atom. The molecule has 0 unspecified atom stereocenters. The lowest BCUT2D eigenvalue weighted by Crippen LogP contribution is -2.10. The fourth-order valence-electron chi connectivity index (χ4n) is 10.1. The maximum Gasteiger partial charge on any atom is 0.145 e. The van der Waals surface area contributed by atoms with Crippen LogP contribution in [0.25, 0.3) is 103 Å². The van der Waals surface area contributed by atoms with Gasteiger partial charge < -0.3 is 9.32 Å². The zero-order valence-electron chi connectivity index (χ0n) is 35.5. The van der Waals surface area contributed by atoms with Crippen molar-refractivity contribution >= 4 is 87.4 Å². The topological polar surface area (TPSA) is 16.4 Å². The molecule has 1 aliphatic rings. The highest BCUT2D eigenvalue weighted by Crippen LogP contribution is 2.48. The summed E-state index contributed by atoms with van der Waals surface area (Å²) in [4.78, 5) is 2.43. The zero-order chi connectivity index (χ0) is 42.8. The zero-order valence-corrected chi connectivity index (χ0v) is 36.4. The van der Waals surface area contributed by atoms with Crippen molar-refractivity contribution in [3.63, 3.8) is 0 Å². The summed E-state index contributed by atoms with van der Waals surface area (Å²) in [5.74, 6) is 0. The third-order valence-electron chi connectivity index (χ3n) is 13.3. The number of nitrogens with zero attached hydrogens (tertiary/aromatic N) is 1. The number of furan rings is 1. The van der Waals surface area contributed by atoms with E-state index < -0.39 is 0 Å². The van der Waals surface area contributed by atoms with E-state index in [0.717, 1.165) is 74.1 Å². The average molecular weight is 848 g/mol. The predicted molar refractivity (Wildman–Crippen MR) is 278 cm³/mol. The van der Waals surface area contributed by atoms with Crippen LogP contribution < -0.4 is 4.90 Å². The van der Waals surface area contributed by atoms with Crippen molar-refractivity contribution < 1.29 is 4.42 Å². The molecule has 0 amide bonds. The van der Waals surface area contributed by atoms with E-state index in [1.807, 2.05) is 11.3 Å². The van der Waals surface area contributed by atoms with E-state index in [1.54, 1.807) is 0 Å². The average Bonchev–Trinajstić information content (AvgIpc) is 3.95. The Morgan fingerprint density at radius 1 is 0.431 bits per heavy atom. The molecule has 0 fully saturated rings. The predicted octanol–water partition coefficient (Wildman–Crippen LogP) is 18.2. The minimum Gasteiger partial charge on any atom is -0.455 e. The number of anilines is 3. The van der Waals surface area contributed by atoms with E-state index in [1.165, 1.54) is 64.3 Å². The van der Waals surface area contributed by atoms with E-state index in [2.05, 4.69) is 229 Å². The highest BCUT2D eigenvalue weighted by molar-refractivity contribution is 7.25. The molecule has 0 aliphatic heterocycles. The van der Waals surface area contributed by atoms with Crippen molar-refractivity contribution in [2.75, 3.05) is 4.90 Å². The first-order valence-electron chi connectivity index (χ1n) is 22.4. The molecule has 3 heteroatoms. The summed E-state index contributed by atoms with van der Waals surface area (Å²) in [6.45, 7) is 0. The Kier molecular flexibility index (Phi) is 8.89. The van der Waals surface area contributed by atoms with Gasteiger partial charge in [0.25, 0.3) is 0 Å². The largest absolute Gasteiger partial charge is 0.455 e. The van der Waals surface area contributed by atoms with Gasteiger partial charge in [0, 0.05) is 42.5 Å². The summed E-state index contributed by atoms with van der Waals surface area (Å²) in [7, 11) is 0. The molecule has 306 valence electrons. The lowest BCUT2D eigenvalue weighted by atomic mass is 9.91. The molecular weight excluding hydrogens is 807 g/mol. The van der Waals surface area contributed by atoms with Gasteiger partial charge >= 0.3 is 0 Å². The van der Waals surface area contributed by atoms with Gasteiger partial charge in [-0.15, -0.1) is 11.3 Å². The number of rotatable bonds is 7. The minimum absolute atomic E-state index is 0.864. The molecule has 2 heterocycles. The van der Waals surface area contributed by atoms with E-state index in [4.69, 9.17) is 4.42 Å². The van der Waals surface area contributed by atoms with Gasteiger partial charge in [0.05, 0.1) is 11.1 Å². The van der Waals surface area contributed by atoms with Crippen LogP contribution in [-0.4, -0.2) is 0 Å². The van der Waals surface area contributed by atoms with Crippen molar-refractivity contribution in [2.45, 2.75) is 12.8 Å². The summed E-state index contributed by atoms with van der Waals surface area (Å²) in [6.07, 6.45) is 6.83. The molecule has 0 saturated heterocycles. The molecule has 0 radical (unpaired) electrons. The SMILES string of the molecule is C1=Cc2c(ccc3cc(-c4ccc(N(c5ccc6c(c5)sc5cc(-c7ccccc7)ccc56)c5ccc(-c6ccccc6)c6oc7cc(-c8ccccc8)ccc7c56)cc4)ccc23)CC1. The Hall–Kier alpha value is -7.98. The highest BCUT2D eigenvalue weighted by atomic mass is 32.1. The fourth-order valence-corrected chi connectivity index (χ4v) is 11.3. The quantitative estimate of drug-likeness (QED) is 0.159. The Labute approximate surface area is 381 Å². The fraction of sp³-hybridized carbons (Fsp3) is 0.0323. The second kappa shape index (κ2) is 15.4. The van der Waals surface area contributed by atoms with Crippen LogP contribution in [0, 0.1) is 0 Å². The van der Waals surface area contributed by atoms with Crippen LogP contribution in [0.15, 0.2) is 223 Å². The van der Waals surface area contributed by atoms with Crippen LogP contribution in [0.4, 0.5) is 17.1 Å². The number of thiophene rings is 1. The number of aryl methyl sites for hydroxylation is 1. The van der Waals surface area contributed by atoms with Crippen LogP contribution in [-0.2, 0) is 6.42 Å². The third kappa shape index (κ3) is 6.46. The lowest BCUT2D eigenvalue weighted by Gasteiger charge is -2.27. The summed E-state index contributed by atoms with van der Waals surface area (Å²) >= 11 is 1.86. The highest BCUT2D eigenvalue weighted by Gasteiger charge is 2.24. The molecule has 0 bridgehead atoms. The van der Waals surface area contributed by atoms with Gasteiger partial charge in [-0.1, -0.05) is 164 Å². The maximum atomic E-state index is 7.04. The molecule has 10 aromatic carbocycles. The van der Waals surface area contributed by atoms with Crippen molar-refractivity contribution in [1.29, 1.82) is 0 Å². The van der Waals surface area contributed by atoms with Crippen LogP contribution >= 0.6 is 11.3 Å². The second-order valence-electron chi connectivity index (χ2n) is 17.1. The van der Waals surface area contributed by atoms with Crippen LogP contribution in [0.1, 0.15) is 17.5 Å². The standard InChI is InChI=1S/C62H41NOS/c1-4-12-40(13-5-1)46-26-32-56-58(37-46)64-62-53(43-16-8-3-9-17-43)34-35-57(61(56)62)63(50-29-33-55-54-31-25-47(41-14-6-2-7-15-41)38-59(54)65-60(55)39-50)49-27-22-42(23-28-49)45-24-30-52-48(36-45)21-20-44-18-10-11-19-51(44)52/h1-9,11-17,19-39H,10,18H2. The van der Waals surface area contributed by atoms with Gasteiger partial charge in [-0.25, -0.2) is 0 Å². The summed E-state index contributed by atoms with van der Waals surface area (Å²) < 4.78 is 9.57. The smallest absolute Gasteiger partial charge is 0.145 e. The van der Waals surface area contributed by atoms with Crippen molar-refractivity contribution in [2.24, 2.45) is 0 Å². The lowest BCUT2D eigenvalue weighted by molar-refractivity contribution is 0.670. The first-order valence-corrected chi connectivity index (χ1v) is 23.3. The number of benzene rings is 10. The Balaban J connectivity index is 1.000. The molecule has 13 rings (SSSR count). The van der Waals surface area contributed by atoms with E-state index >= 15 is 0 Å². The Morgan fingerprint density at radius 3 is 1.75 bits per heavy atom. The summed E-state index contributed by atoms with van der Waals surface area (Å²) in [5, 5.41) is 7.31. The number of hydrogen-bond acceptors (Lipinski definition) is 3. The number of allylic oxidation sites excluding steroid dienone is 1. The molecule has 0 N–H and O–H groups in total. The van der Waals surface area contributed by atoms with E-state index in [-0.39, 0.29) is 0 Å². The number of fused-ring (bicyclic) bond motifs is 9. The molecule has 0 saturated carbocycles. The Bertz CT molecular complexity index is 3810. The van der Waals surface area contributed by atoms with Gasteiger partial charge in [-0.3, -0.25) is 0 Å². The van der Waals surface area contributed by atoms with E-state index in [0.29, 0.717) is 0 Å². The molecule has 12 aromatic rings. The summed E-state index contributed by atoms with van der Waals surface area (Å²) in [5.41, 5.74) is 17.1. The van der Waals surface area contributed by atoms with Gasteiger partial charge in [0.1, 0.15) is 11.2 Å². The first-order chi connectivity index (χ1) is 32.2. The van der Waals surface area contributed by atoms with Crippen LogP contribution in [0.2, 0.25) is 0 Å². The molecule has 2 aromatic heterocycles. The summed E-state index contributed by atoms with van der Waals surface area (Å²) in [6, 6.07) is 77.6. The molecular formula is C62H41NOS. The van der Waals surface area contributed by atoms with Crippen molar-refractivity contribution in [3.05, 3.63) is 230 Å². The van der Waals surface area contributed by atoms with Gasteiger partial charge in [0.15, 0.2) is 0 Å². The van der Waals surface area contributed by atoms with E-state index in [9.17, 15) is 0 Å². The second-order valence-corrected chi connectivity index (χ2v) is 18.2. The van der Waals surface area contributed by atoms with Gasteiger partial charge in [-0.05, 0) is 134 Å². The van der Waals surface area contributed by atoms with Crippen LogP contribution in [0.3, 0.4) is 0 Å². The number of hydrogen-bond donors (Lipinski definition) is 0. The molecule has 0 spiro atoms. The van der Waals surface area contributed by atoms with Crippen LogP contribution in [0.5, 0.6) is 0 Å². The minimum atomic E-state index is 0.864. The molecule has 1 aliphatic carbocycles. The van der Waals surface area contributed by atoms with Gasteiger partial charge in [-0.2, -0.15) is 0 Å². The van der Waals surface area contributed by atoms with Crippen molar-refractivity contribution in [3.8, 4) is 44.5 Å². The first kappa shape index (κ1) is 37.6. The molecule has 65 heavy (non-hydrogen) atoms. The van der Waals surface area contributed by atoms with Crippen molar-refractivity contribution in [1.82, 2.24) is 0 Å².